The molecule has 1 N–H and O–H groups in total. The molecule has 0 radical (unpaired) electrons. The summed E-state index contributed by atoms with van der Waals surface area (Å²) in [6.07, 6.45) is 1.57. The lowest BCUT2D eigenvalue weighted by molar-refractivity contribution is -0.385. The average molecular weight is 545 g/mol. The summed E-state index contributed by atoms with van der Waals surface area (Å²) in [6, 6.07) is 7.57. The molecular weight excluding hydrogens is 532 g/mol. The summed E-state index contributed by atoms with van der Waals surface area (Å²) in [5.41, 5.74) is 0.152. The molecule has 0 aliphatic carbocycles. The molecule has 3 rings (SSSR count). The van der Waals surface area contributed by atoms with Crippen molar-refractivity contribution in [1.82, 2.24) is 5.32 Å². The van der Waals surface area contributed by atoms with Crippen LogP contribution in [0.2, 0.25) is 0 Å². The number of hydrogen-bond acceptors (Lipinski definition) is 9. The molecule has 0 atom stereocenters. The standard InChI is InChI=1S/C18H13BrN2O7S3/c1-2-27-14-7-10(8-15-17(22)20-18(29)30-15)6-13(19)16(14)28-31(25,26)12-5-3-4-11(9-12)21(23)24/h3-9H,2H2,1H3,(H,20,22,29)/b15-8-. The molecule has 2 aromatic rings. The molecule has 31 heavy (non-hydrogen) atoms. The van der Waals surface area contributed by atoms with Crippen molar-refractivity contribution in [3.05, 3.63) is 61.5 Å². The normalized spacial score (nSPS) is 15.1. The van der Waals surface area contributed by atoms with Gasteiger partial charge < -0.3 is 14.2 Å². The van der Waals surface area contributed by atoms with E-state index in [-0.39, 0.29) is 39.1 Å². The van der Waals surface area contributed by atoms with Crippen LogP contribution >= 0.6 is 39.9 Å². The Morgan fingerprint density at radius 3 is 2.68 bits per heavy atom. The van der Waals surface area contributed by atoms with Crippen LogP contribution in [-0.2, 0) is 14.9 Å². The van der Waals surface area contributed by atoms with Crippen molar-refractivity contribution in [2.24, 2.45) is 0 Å². The van der Waals surface area contributed by atoms with E-state index in [1.807, 2.05) is 0 Å². The number of carbonyl (C=O) groups excluding carboxylic acids is 1. The van der Waals surface area contributed by atoms with E-state index in [1.165, 1.54) is 24.3 Å². The van der Waals surface area contributed by atoms with Crippen LogP contribution in [0.25, 0.3) is 6.08 Å². The van der Waals surface area contributed by atoms with Gasteiger partial charge in [0.1, 0.15) is 9.22 Å². The van der Waals surface area contributed by atoms with Gasteiger partial charge in [-0.1, -0.05) is 30.0 Å². The molecule has 162 valence electrons. The molecule has 1 heterocycles. The quantitative estimate of drug-likeness (QED) is 0.181. The Morgan fingerprint density at radius 1 is 1.32 bits per heavy atom. The summed E-state index contributed by atoms with van der Waals surface area (Å²) in [4.78, 5) is 22.1. The predicted molar refractivity (Wildman–Crippen MR) is 123 cm³/mol. The lowest BCUT2D eigenvalue weighted by Crippen LogP contribution is -2.17. The number of halogens is 1. The molecule has 1 aliphatic heterocycles. The van der Waals surface area contributed by atoms with Crippen molar-refractivity contribution in [1.29, 1.82) is 0 Å². The summed E-state index contributed by atoms with van der Waals surface area (Å²) in [5.74, 6) is -0.365. The van der Waals surface area contributed by atoms with Crippen molar-refractivity contribution in [3.63, 3.8) is 0 Å². The summed E-state index contributed by atoms with van der Waals surface area (Å²) in [6.45, 7) is 1.91. The zero-order valence-corrected chi connectivity index (χ0v) is 19.7. The number of thioether (sulfide) groups is 1. The topological polar surface area (TPSA) is 125 Å². The van der Waals surface area contributed by atoms with Crippen molar-refractivity contribution >= 4 is 72.0 Å². The van der Waals surface area contributed by atoms with Crippen molar-refractivity contribution in [2.45, 2.75) is 11.8 Å². The molecular formula is C18H13BrN2O7S3. The smallest absolute Gasteiger partial charge is 0.339 e. The third-order valence-corrected chi connectivity index (χ3v) is 6.75. The van der Waals surface area contributed by atoms with Gasteiger partial charge in [0.15, 0.2) is 11.5 Å². The molecule has 9 nitrogen and oxygen atoms in total. The van der Waals surface area contributed by atoms with Gasteiger partial charge >= 0.3 is 10.1 Å². The minimum Gasteiger partial charge on any atom is -0.490 e. The van der Waals surface area contributed by atoms with Gasteiger partial charge in [-0.25, -0.2) is 0 Å². The molecule has 1 aliphatic rings. The van der Waals surface area contributed by atoms with Crippen molar-refractivity contribution in [2.75, 3.05) is 6.61 Å². The molecule has 0 spiro atoms. The number of carbonyl (C=O) groups is 1. The van der Waals surface area contributed by atoms with E-state index in [0.29, 0.717) is 14.8 Å². The fraction of sp³-hybridized carbons (Fsp3) is 0.111. The van der Waals surface area contributed by atoms with Crippen LogP contribution in [0.5, 0.6) is 11.5 Å². The molecule has 0 bridgehead atoms. The first-order valence-corrected chi connectivity index (χ1v) is 11.9. The highest BCUT2D eigenvalue weighted by atomic mass is 79.9. The van der Waals surface area contributed by atoms with Gasteiger partial charge in [0.05, 0.1) is 20.9 Å². The number of non-ortho nitro benzene ring substituents is 1. The van der Waals surface area contributed by atoms with Gasteiger partial charge in [-0.15, -0.1) is 0 Å². The van der Waals surface area contributed by atoms with E-state index in [1.54, 1.807) is 19.1 Å². The zero-order chi connectivity index (χ0) is 22.8. The Labute approximate surface area is 195 Å². The van der Waals surface area contributed by atoms with E-state index in [9.17, 15) is 23.3 Å². The SMILES string of the molecule is CCOc1cc(/C=C2\SC(=S)NC2=O)cc(Br)c1OS(=O)(=O)c1cccc([N+](=O)[O-])c1. The number of rotatable bonds is 7. The number of hydrogen-bond donors (Lipinski definition) is 1. The molecule has 0 aromatic heterocycles. The molecule has 0 unspecified atom stereocenters. The van der Waals surface area contributed by atoms with Gasteiger partial charge in [0.2, 0.25) is 0 Å². The summed E-state index contributed by atoms with van der Waals surface area (Å²) in [7, 11) is -4.40. The molecule has 1 amide bonds. The van der Waals surface area contributed by atoms with Gasteiger partial charge in [-0.2, -0.15) is 8.42 Å². The van der Waals surface area contributed by atoms with Gasteiger partial charge in [-0.05, 0) is 52.7 Å². The number of thiocarbonyl (C=S) groups is 1. The van der Waals surface area contributed by atoms with Gasteiger partial charge in [-0.3, -0.25) is 14.9 Å². The number of nitro benzene ring substituents is 1. The second kappa shape index (κ2) is 9.34. The number of nitrogens with one attached hydrogen (secondary N) is 1. The summed E-state index contributed by atoms with van der Waals surface area (Å²) < 4.78 is 36.8. The molecule has 1 saturated heterocycles. The number of ether oxygens (including phenoxy) is 1. The molecule has 1 fully saturated rings. The summed E-state index contributed by atoms with van der Waals surface area (Å²) in [5, 5.41) is 13.5. The fourth-order valence-electron chi connectivity index (χ4n) is 2.50. The Hall–Kier alpha value is -2.48. The largest absolute Gasteiger partial charge is 0.490 e. The second-order valence-corrected chi connectivity index (χ2v) is 10.0. The van der Waals surface area contributed by atoms with E-state index in [4.69, 9.17) is 21.1 Å². The first kappa shape index (κ1) is 23.2. The highest BCUT2D eigenvalue weighted by Gasteiger charge is 2.25. The Bertz CT molecular complexity index is 1230. The van der Waals surface area contributed by atoms with E-state index in [0.717, 1.165) is 17.8 Å². The first-order valence-electron chi connectivity index (χ1n) is 8.51. The van der Waals surface area contributed by atoms with Crippen LogP contribution in [-0.4, -0.2) is 30.2 Å². The van der Waals surface area contributed by atoms with Crippen LogP contribution in [0, 0.1) is 10.1 Å². The zero-order valence-electron chi connectivity index (χ0n) is 15.7. The number of nitrogens with zero attached hydrogens (tertiary/aromatic N) is 1. The highest BCUT2D eigenvalue weighted by molar-refractivity contribution is 9.10. The fourth-order valence-corrected chi connectivity index (χ4v) is 5.19. The minimum absolute atomic E-state index is 0.101. The number of benzene rings is 2. The van der Waals surface area contributed by atoms with Crippen molar-refractivity contribution < 1.29 is 27.1 Å². The highest BCUT2D eigenvalue weighted by Crippen LogP contribution is 2.40. The molecule has 2 aromatic carbocycles. The lowest BCUT2D eigenvalue weighted by Gasteiger charge is -2.14. The third-order valence-electron chi connectivity index (χ3n) is 3.78. The molecule has 0 saturated carbocycles. The summed E-state index contributed by atoms with van der Waals surface area (Å²) >= 11 is 9.33. The van der Waals surface area contributed by atoms with Gasteiger partial charge in [0, 0.05) is 12.1 Å². The minimum atomic E-state index is -4.40. The predicted octanol–water partition coefficient (Wildman–Crippen LogP) is 4.01. The number of amides is 1. The molecule has 13 heteroatoms. The average Bonchev–Trinajstić information content (AvgIpc) is 3.01. The maximum atomic E-state index is 12.7. The maximum Gasteiger partial charge on any atom is 0.339 e. The monoisotopic (exact) mass is 544 g/mol. The van der Waals surface area contributed by atoms with Gasteiger partial charge in [0.25, 0.3) is 11.6 Å². The van der Waals surface area contributed by atoms with E-state index in [2.05, 4.69) is 21.2 Å². The first-order chi connectivity index (χ1) is 14.6. The van der Waals surface area contributed by atoms with Crippen molar-refractivity contribution in [3.8, 4) is 11.5 Å². The van der Waals surface area contributed by atoms with Crippen LogP contribution in [0.4, 0.5) is 5.69 Å². The van der Waals surface area contributed by atoms with Crippen LogP contribution < -0.4 is 14.2 Å². The number of nitro groups is 1. The third kappa shape index (κ3) is 5.42. The van der Waals surface area contributed by atoms with E-state index < -0.39 is 15.0 Å². The maximum absolute atomic E-state index is 12.7. The second-order valence-electron chi connectivity index (χ2n) is 5.91. The van der Waals surface area contributed by atoms with E-state index >= 15 is 0 Å². The lowest BCUT2D eigenvalue weighted by atomic mass is 10.2. The van der Waals surface area contributed by atoms with Crippen LogP contribution in [0.3, 0.4) is 0 Å². The van der Waals surface area contributed by atoms with Crippen LogP contribution in [0.1, 0.15) is 12.5 Å². The Morgan fingerprint density at radius 2 is 2.06 bits per heavy atom. The van der Waals surface area contributed by atoms with Crippen LogP contribution in [0.15, 0.2) is 50.7 Å². The Balaban J connectivity index is 2.00. The Kier molecular flexibility index (Phi) is 6.99.